The number of azo groups is 3. The fourth-order valence-corrected chi connectivity index (χ4v) is 12.8. The van der Waals surface area contributed by atoms with Gasteiger partial charge in [-0.15, -0.1) is 50.0 Å². The van der Waals surface area contributed by atoms with Gasteiger partial charge in [0, 0.05) is 34.0 Å². The largest absolute Gasteiger partial charge is 0.497 e. The summed E-state index contributed by atoms with van der Waals surface area (Å²) in [6.45, 7) is 4.34. The first-order chi connectivity index (χ1) is 39.1. The Bertz CT molecular complexity index is 4890. The summed E-state index contributed by atoms with van der Waals surface area (Å²) >= 11 is 1.89. The van der Waals surface area contributed by atoms with E-state index in [1.165, 1.54) is 44.4 Å². The van der Waals surface area contributed by atoms with Gasteiger partial charge in [0.25, 0.3) is 50.6 Å². The van der Waals surface area contributed by atoms with Crippen molar-refractivity contribution >= 4 is 156 Å². The third-order valence-corrected chi connectivity index (χ3v) is 17.9. The Labute approximate surface area is 485 Å². The highest BCUT2D eigenvalue weighted by Gasteiger charge is 2.27. The van der Waals surface area contributed by atoms with Crippen molar-refractivity contribution < 1.29 is 92.1 Å². The van der Waals surface area contributed by atoms with Crippen LogP contribution in [0.1, 0.15) is 35.1 Å². The number of hydrogen-bond donors (Lipinski definition) is 6. The van der Waals surface area contributed by atoms with Gasteiger partial charge in [-0.1, -0.05) is 17.4 Å². The van der Waals surface area contributed by atoms with Gasteiger partial charge in [-0.2, -0.15) is 52.5 Å². The second-order valence-electron chi connectivity index (χ2n) is 17.4. The van der Waals surface area contributed by atoms with Gasteiger partial charge >= 0.3 is 10.6 Å². The molecular weight excluding hydrogens is 1270 g/mol. The van der Waals surface area contributed by atoms with Crippen LogP contribution in [0, 0.1) is 32.1 Å². The van der Waals surface area contributed by atoms with Gasteiger partial charge in [-0.25, -0.2) is 9.97 Å². The molecule has 0 amide bonds. The molecule has 444 valence electrons. The van der Waals surface area contributed by atoms with E-state index in [1.807, 2.05) is 6.07 Å². The normalized spacial score (nSPS) is 12.7. The van der Waals surface area contributed by atoms with Crippen LogP contribution in [0.2, 0.25) is 0 Å². The Morgan fingerprint density at radius 2 is 1.27 bits per heavy atom. The molecule has 0 atom stereocenters. The first-order valence-corrected chi connectivity index (χ1v) is 33.3. The van der Waals surface area contributed by atoms with E-state index in [9.17, 15) is 75.2 Å². The van der Waals surface area contributed by atoms with E-state index < -0.39 is 93.3 Å². The lowest BCUT2D eigenvalue weighted by molar-refractivity contribution is 0.317. The van der Waals surface area contributed by atoms with Crippen LogP contribution in [0.25, 0.3) is 37.7 Å². The molecule has 0 aliphatic carbocycles. The molecule has 0 saturated heterocycles. The number of nitriles is 1. The van der Waals surface area contributed by atoms with Crippen molar-refractivity contribution in [3.8, 4) is 23.4 Å². The van der Waals surface area contributed by atoms with Crippen LogP contribution in [0.4, 0.5) is 33.6 Å². The van der Waals surface area contributed by atoms with Crippen LogP contribution in [-0.2, 0) is 61.2 Å². The molecular formula is C45H40N10O21S8. The minimum absolute atomic E-state index is 0.0150. The highest BCUT2D eigenvalue weighted by molar-refractivity contribution is 7.99. The lowest BCUT2D eigenvalue weighted by Crippen LogP contribution is -2.08. The average molecular weight is 1310 g/mol. The number of pyridine rings is 1. The number of benzene rings is 5. The highest BCUT2D eigenvalue weighted by atomic mass is 32.2. The third-order valence-electron chi connectivity index (χ3n) is 11.6. The van der Waals surface area contributed by atoms with Crippen LogP contribution in [-0.4, -0.2) is 128 Å². The molecule has 3 aromatic heterocycles. The number of thioether (sulfide) groups is 1. The Morgan fingerprint density at radius 1 is 0.690 bits per heavy atom. The minimum Gasteiger partial charge on any atom is -0.497 e. The lowest BCUT2D eigenvalue weighted by atomic mass is 10.1. The van der Waals surface area contributed by atoms with Gasteiger partial charge in [0.05, 0.1) is 57.4 Å². The number of aryl methyl sites for hydroxylation is 2. The smallest absolute Gasteiger partial charge is 0.425 e. The molecule has 0 fully saturated rings. The monoisotopic (exact) mass is 1310 g/mol. The topological polar surface area (TPSA) is 490 Å². The fraction of sp³-hybridized carbons (Fsp3) is 0.222. The van der Waals surface area contributed by atoms with Crippen LogP contribution in [0.15, 0.2) is 111 Å². The van der Waals surface area contributed by atoms with Crippen molar-refractivity contribution in [3.63, 3.8) is 0 Å². The number of aromatic hydroxyl groups is 1. The molecule has 0 saturated carbocycles. The van der Waals surface area contributed by atoms with Crippen molar-refractivity contribution in [1.29, 1.82) is 5.26 Å². The second kappa shape index (κ2) is 24.9. The molecule has 5 aromatic carbocycles. The van der Waals surface area contributed by atoms with Crippen LogP contribution < -0.4 is 9.47 Å². The number of aromatic nitrogens is 3. The summed E-state index contributed by atoms with van der Waals surface area (Å²) in [5, 5.41) is 48.2. The molecule has 0 aliphatic rings. The summed E-state index contributed by atoms with van der Waals surface area (Å²) in [6.07, 6.45) is -0.218. The van der Waals surface area contributed by atoms with E-state index >= 15 is 0 Å². The standard InChI is InChI=1S/C45H40N10O18S7.O3S/c1-22-13-32(51-53-39-24(3)29(21-46)43-47-40-34(55(43)44(39)56)16-26(72-4)17-38(40)80(69,70)71)35(73-9-5-11-76(57,58)59)19-30(22)49-52-33-14-23(2)31(20-36(33)74-10-6-12-77(60,61)62)50-54-45-48-41-37(79(66,67)68)15-25-7-8-27(78(63,64)65)18-28(25)42(41)75-45;1-4(2)3/h7-8,13-20,56H,5-6,9-12H2,1-4H3,(H,57,58,59)(H,60,61,62)(H,63,64,65)(H,66,67,68)(H,69,70,71);. The molecule has 39 heteroatoms. The first-order valence-electron chi connectivity index (χ1n) is 23.0. The van der Waals surface area contributed by atoms with E-state index in [2.05, 4.69) is 40.7 Å². The second-order valence-corrected chi connectivity index (χ2v) is 27.3. The molecule has 0 bridgehead atoms. The maximum absolute atomic E-state index is 12.5. The number of thiazole rings is 1. The van der Waals surface area contributed by atoms with Gasteiger partial charge in [-0.3, -0.25) is 27.2 Å². The number of imidazole rings is 1. The lowest BCUT2D eigenvalue weighted by Gasteiger charge is -2.12. The summed E-state index contributed by atoms with van der Waals surface area (Å²) in [4.78, 5) is 7.10. The number of nitrogens with zero attached hydrogens (tertiary/aromatic N) is 10. The van der Waals surface area contributed by atoms with E-state index in [0.717, 1.165) is 51.8 Å². The van der Waals surface area contributed by atoms with E-state index in [4.69, 9.17) is 22.1 Å². The predicted molar refractivity (Wildman–Crippen MR) is 300 cm³/mol. The van der Waals surface area contributed by atoms with Crippen LogP contribution in [0.3, 0.4) is 0 Å². The van der Waals surface area contributed by atoms with Crippen molar-refractivity contribution in [3.05, 3.63) is 82.9 Å². The zero-order valence-corrected chi connectivity index (χ0v) is 49.6. The van der Waals surface area contributed by atoms with E-state index in [1.54, 1.807) is 19.9 Å². The molecule has 8 aromatic rings. The molecule has 0 unspecified atom stereocenters. The zero-order valence-electron chi connectivity index (χ0n) is 43.1. The molecule has 8 rings (SSSR count). The summed E-state index contributed by atoms with van der Waals surface area (Å²) in [7, 11) is -25.1. The van der Waals surface area contributed by atoms with Gasteiger partial charge < -0.3 is 14.6 Å². The van der Waals surface area contributed by atoms with Crippen LogP contribution in [0.5, 0.6) is 17.4 Å². The molecule has 3 heterocycles. The van der Waals surface area contributed by atoms with Gasteiger partial charge in [0.1, 0.15) is 49.6 Å². The average Bonchev–Trinajstić information content (AvgIpc) is 1.94. The SMILES string of the molecule is COc1cc(S(=O)(=O)O)c2nc3c(C#N)c(C)c(N=Nc4cc(C)c(N=Nc5cc(C)c(N=Nc6nc7c(S(=O)(=O)O)cc8ccc(S(=O)(=O)O)cc8c7s6)cc5SCCCS(=O)(=O)O)cc4OCCCS(=O)(=O)O)c(O)n3c2c1.O=S(=O)=O. The van der Waals surface area contributed by atoms with Crippen molar-refractivity contribution in [2.45, 2.75) is 53.2 Å². The zero-order chi connectivity index (χ0) is 62.0. The van der Waals surface area contributed by atoms with Crippen LogP contribution >= 0.6 is 23.1 Å². The van der Waals surface area contributed by atoms with Gasteiger partial charge in [0.15, 0.2) is 11.3 Å². The number of rotatable bonds is 20. The Hall–Kier alpha value is -7.59. The maximum atomic E-state index is 12.5. The fourth-order valence-electron chi connectivity index (χ4n) is 7.84. The molecule has 31 nitrogen and oxygen atoms in total. The first kappa shape index (κ1) is 64.0. The molecule has 84 heavy (non-hydrogen) atoms. The third kappa shape index (κ3) is 15.2. The Balaban J connectivity index is 0.00000245. The minimum atomic E-state index is -4.91. The van der Waals surface area contributed by atoms with E-state index in [0.29, 0.717) is 16.0 Å². The Morgan fingerprint density at radius 3 is 1.88 bits per heavy atom. The quantitative estimate of drug-likeness (QED) is 0.0180. The molecule has 0 radical (unpaired) electrons. The maximum Gasteiger partial charge on any atom is 0.425 e. The number of fused-ring (bicyclic) bond motifs is 6. The van der Waals surface area contributed by atoms with Crippen molar-refractivity contribution in [1.82, 2.24) is 14.4 Å². The summed E-state index contributed by atoms with van der Waals surface area (Å²) in [5.41, 5.74) is 0.0583. The van der Waals surface area contributed by atoms with Crippen molar-refractivity contribution in [2.24, 2.45) is 30.7 Å². The molecule has 0 aliphatic heterocycles. The molecule has 6 N–H and O–H groups in total. The Kier molecular flexibility index (Phi) is 19.0. The summed E-state index contributed by atoms with van der Waals surface area (Å²) < 4.78 is 206. The van der Waals surface area contributed by atoms with Gasteiger partial charge in [-0.05, 0) is 92.3 Å². The number of methoxy groups -OCH3 is 1. The van der Waals surface area contributed by atoms with Gasteiger partial charge in [0.2, 0.25) is 11.0 Å². The van der Waals surface area contributed by atoms with E-state index in [-0.39, 0.29) is 119 Å². The summed E-state index contributed by atoms with van der Waals surface area (Å²) in [5.74, 6) is -1.93. The predicted octanol–water partition coefficient (Wildman–Crippen LogP) is 8.77. The summed E-state index contributed by atoms with van der Waals surface area (Å²) in [6, 6.07) is 14.6. The molecule has 0 spiro atoms. The highest BCUT2D eigenvalue weighted by Crippen LogP contribution is 2.45. The van der Waals surface area contributed by atoms with Crippen molar-refractivity contribution in [2.75, 3.05) is 31.0 Å². The number of ether oxygens (including phenoxy) is 2. The number of hydrogen-bond acceptors (Lipinski definition) is 27.